The molecule has 8 unspecified atom stereocenters. The van der Waals surface area contributed by atoms with Gasteiger partial charge in [0.1, 0.15) is 11.9 Å². The van der Waals surface area contributed by atoms with Gasteiger partial charge in [-0.15, -0.1) is 0 Å². The highest BCUT2D eigenvalue weighted by Crippen LogP contribution is 2.68. The van der Waals surface area contributed by atoms with Gasteiger partial charge in [0.25, 0.3) is 0 Å². The second-order valence-electron chi connectivity index (χ2n) is 11.4. The molecule has 0 aromatic heterocycles. The van der Waals surface area contributed by atoms with E-state index in [4.69, 9.17) is 4.74 Å². The van der Waals surface area contributed by atoms with Crippen molar-refractivity contribution in [3.8, 4) is 0 Å². The zero-order chi connectivity index (χ0) is 23.6. The predicted molar refractivity (Wildman–Crippen MR) is 124 cm³/mol. The van der Waals surface area contributed by atoms with E-state index in [1.54, 1.807) is 19.1 Å². The largest absolute Gasteiger partial charge is 0.458 e. The molecule has 0 aliphatic heterocycles. The number of Topliss-reactive ketones (excluding diaryl/α,β-unsaturated/α-hetero) is 1. The lowest BCUT2D eigenvalue weighted by molar-refractivity contribution is -0.224. The Balaban J connectivity index is 1.57. The van der Waals surface area contributed by atoms with E-state index in [2.05, 4.69) is 13.0 Å². The van der Waals surface area contributed by atoms with Crippen molar-refractivity contribution in [3.05, 3.63) is 47.5 Å². The van der Waals surface area contributed by atoms with Crippen molar-refractivity contribution in [2.45, 2.75) is 83.5 Å². The summed E-state index contributed by atoms with van der Waals surface area (Å²) >= 11 is 0. The normalized spacial score (nSPS) is 44.2. The molecular weight excluding hydrogens is 416 g/mol. The molecule has 0 spiro atoms. The van der Waals surface area contributed by atoms with Gasteiger partial charge in [0.15, 0.2) is 0 Å². The number of ether oxygens (including phenoxy) is 1. The molecule has 2 N–H and O–H groups in total. The molecule has 0 heterocycles. The second kappa shape index (κ2) is 7.78. The lowest BCUT2D eigenvalue weighted by atomic mass is 9.45. The van der Waals surface area contributed by atoms with Gasteiger partial charge in [0, 0.05) is 11.3 Å². The fourth-order valence-electron chi connectivity index (χ4n) is 8.15. The Hall–Kier alpha value is -1.98. The van der Waals surface area contributed by atoms with Gasteiger partial charge in [-0.25, -0.2) is 4.79 Å². The fraction of sp³-hybridized carbons (Fsp3) is 0.643. The molecule has 33 heavy (non-hydrogen) atoms. The van der Waals surface area contributed by atoms with Gasteiger partial charge in [-0.05, 0) is 81.3 Å². The van der Waals surface area contributed by atoms with E-state index < -0.39 is 23.1 Å². The van der Waals surface area contributed by atoms with Crippen LogP contribution in [0.2, 0.25) is 0 Å². The van der Waals surface area contributed by atoms with Gasteiger partial charge in [-0.3, -0.25) is 4.79 Å². The van der Waals surface area contributed by atoms with Gasteiger partial charge in [-0.1, -0.05) is 43.7 Å². The first-order valence-electron chi connectivity index (χ1n) is 12.5. The first-order valence-corrected chi connectivity index (χ1v) is 12.5. The summed E-state index contributed by atoms with van der Waals surface area (Å²) in [5, 5.41) is 22.7. The summed E-state index contributed by atoms with van der Waals surface area (Å²) in [5.74, 6) is -0.507. The topological polar surface area (TPSA) is 83.8 Å². The summed E-state index contributed by atoms with van der Waals surface area (Å²) in [7, 11) is 0. The molecule has 3 saturated carbocycles. The predicted octanol–water partition coefficient (Wildman–Crippen LogP) is 4.47. The summed E-state index contributed by atoms with van der Waals surface area (Å²) in [6.07, 6.45) is 6.25. The van der Waals surface area contributed by atoms with Gasteiger partial charge < -0.3 is 14.9 Å². The molecule has 5 nitrogen and oxygen atoms in total. The van der Waals surface area contributed by atoms with Crippen LogP contribution in [0, 0.1) is 28.6 Å². The number of carbonyl (C=O) groups is 2. The van der Waals surface area contributed by atoms with E-state index in [9.17, 15) is 19.8 Å². The number of rotatable bonds is 3. The van der Waals surface area contributed by atoms with E-state index in [1.807, 2.05) is 25.1 Å². The molecular formula is C28H36O5. The third-order valence-corrected chi connectivity index (χ3v) is 10.1. The summed E-state index contributed by atoms with van der Waals surface area (Å²) in [6.45, 7) is 5.85. The molecule has 1 aromatic carbocycles. The molecule has 4 aliphatic carbocycles. The fourth-order valence-corrected chi connectivity index (χ4v) is 8.15. The average molecular weight is 453 g/mol. The van der Waals surface area contributed by atoms with Gasteiger partial charge in [-0.2, -0.15) is 0 Å². The van der Waals surface area contributed by atoms with Crippen LogP contribution in [0.4, 0.5) is 0 Å². The van der Waals surface area contributed by atoms with Gasteiger partial charge >= 0.3 is 5.97 Å². The second-order valence-corrected chi connectivity index (χ2v) is 11.4. The number of aliphatic hydroxyl groups is 2. The number of aliphatic hydroxyl groups excluding tert-OH is 1. The first-order chi connectivity index (χ1) is 15.6. The molecule has 4 aliphatic rings. The minimum absolute atomic E-state index is 0.0162. The highest BCUT2D eigenvalue weighted by molar-refractivity contribution is 5.89. The van der Waals surface area contributed by atoms with Crippen molar-refractivity contribution in [2.75, 3.05) is 0 Å². The quantitative estimate of drug-likeness (QED) is 0.522. The number of fused-ring (bicyclic) bond motifs is 5. The molecule has 0 saturated heterocycles. The summed E-state index contributed by atoms with van der Waals surface area (Å²) in [4.78, 5) is 25.9. The number of carbonyl (C=O) groups excluding carboxylic acids is 2. The van der Waals surface area contributed by atoms with Crippen LogP contribution in [0.25, 0.3) is 0 Å². The highest BCUT2D eigenvalue weighted by atomic mass is 16.5. The Kier molecular flexibility index (Phi) is 5.37. The SMILES string of the molecule is CC(=O)C1CCC2(O)C3CC=C4CC(O)CCC4(C)C3CC(OC(=O)c3ccccc3)C12C. The highest BCUT2D eigenvalue weighted by Gasteiger charge is 2.71. The maximum Gasteiger partial charge on any atom is 0.338 e. The van der Waals surface area contributed by atoms with Crippen LogP contribution in [-0.2, 0) is 9.53 Å². The van der Waals surface area contributed by atoms with Gasteiger partial charge in [0.2, 0.25) is 0 Å². The summed E-state index contributed by atoms with van der Waals surface area (Å²) < 4.78 is 6.21. The van der Waals surface area contributed by atoms with Crippen LogP contribution >= 0.6 is 0 Å². The lowest BCUT2D eigenvalue weighted by Gasteiger charge is -2.62. The summed E-state index contributed by atoms with van der Waals surface area (Å²) in [5.41, 5.74) is -0.260. The third-order valence-electron chi connectivity index (χ3n) is 10.1. The third kappa shape index (κ3) is 3.19. The van der Waals surface area contributed by atoms with Crippen molar-refractivity contribution in [1.82, 2.24) is 0 Å². The van der Waals surface area contributed by atoms with E-state index in [0.717, 1.165) is 19.3 Å². The Morgan fingerprint density at radius 1 is 1.06 bits per heavy atom. The smallest absolute Gasteiger partial charge is 0.338 e. The van der Waals surface area contributed by atoms with Crippen LogP contribution in [0.1, 0.15) is 76.1 Å². The van der Waals surface area contributed by atoms with Crippen molar-refractivity contribution in [1.29, 1.82) is 0 Å². The van der Waals surface area contributed by atoms with Crippen LogP contribution in [0.5, 0.6) is 0 Å². The van der Waals surface area contributed by atoms with Crippen LogP contribution < -0.4 is 0 Å². The molecule has 1 aromatic rings. The molecule has 0 amide bonds. The Morgan fingerprint density at radius 2 is 1.79 bits per heavy atom. The number of hydrogen-bond donors (Lipinski definition) is 2. The molecule has 178 valence electrons. The maximum atomic E-state index is 13.2. The van der Waals surface area contributed by atoms with E-state index >= 15 is 0 Å². The number of allylic oxidation sites excluding steroid dienone is 1. The van der Waals surface area contributed by atoms with Crippen molar-refractivity contribution < 1.29 is 24.5 Å². The monoisotopic (exact) mass is 452 g/mol. The lowest BCUT2D eigenvalue weighted by Crippen LogP contribution is -2.66. The minimum Gasteiger partial charge on any atom is -0.458 e. The Morgan fingerprint density at radius 3 is 2.48 bits per heavy atom. The first kappa shape index (κ1) is 22.8. The Bertz CT molecular complexity index is 985. The molecule has 0 bridgehead atoms. The van der Waals surface area contributed by atoms with Crippen LogP contribution in [-0.4, -0.2) is 39.8 Å². The Labute approximate surface area is 196 Å². The number of ketones is 1. The standard InChI is InChI=1S/C28H36O5/c1-17(29)21-12-14-28(32)22-10-9-19-15-20(30)11-13-26(19,2)23(22)16-24(27(21,28)3)33-25(31)18-7-5-4-6-8-18/h4-9,20-24,30,32H,10-16H2,1-3H3. The molecule has 3 fully saturated rings. The average Bonchev–Trinajstić information content (AvgIpc) is 3.08. The zero-order valence-electron chi connectivity index (χ0n) is 19.9. The van der Waals surface area contributed by atoms with Crippen LogP contribution in [0.15, 0.2) is 42.0 Å². The number of esters is 1. The van der Waals surface area contributed by atoms with Crippen LogP contribution in [0.3, 0.4) is 0 Å². The molecule has 5 heteroatoms. The van der Waals surface area contributed by atoms with E-state index in [1.165, 1.54) is 5.57 Å². The number of hydrogen-bond acceptors (Lipinski definition) is 5. The zero-order valence-corrected chi connectivity index (χ0v) is 19.9. The number of benzene rings is 1. The maximum absolute atomic E-state index is 13.2. The van der Waals surface area contributed by atoms with E-state index in [0.29, 0.717) is 31.2 Å². The minimum atomic E-state index is -1.07. The summed E-state index contributed by atoms with van der Waals surface area (Å²) in [6, 6.07) is 8.97. The van der Waals surface area contributed by atoms with Crippen molar-refractivity contribution in [2.24, 2.45) is 28.6 Å². The van der Waals surface area contributed by atoms with Gasteiger partial charge in [0.05, 0.1) is 17.3 Å². The van der Waals surface area contributed by atoms with Crippen molar-refractivity contribution in [3.63, 3.8) is 0 Å². The molecule has 5 rings (SSSR count). The van der Waals surface area contributed by atoms with Crippen molar-refractivity contribution >= 4 is 11.8 Å². The molecule has 0 radical (unpaired) electrons. The molecule has 8 atom stereocenters. The van der Waals surface area contributed by atoms with E-state index in [-0.39, 0.29) is 35.1 Å².